The van der Waals surface area contributed by atoms with Gasteiger partial charge in [0.15, 0.2) is 0 Å². The van der Waals surface area contributed by atoms with Crippen molar-refractivity contribution in [1.82, 2.24) is 4.98 Å². The van der Waals surface area contributed by atoms with Crippen LogP contribution < -0.4 is 10.2 Å². The first kappa shape index (κ1) is 17.2. The van der Waals surface area contributed by atoms with Gasteiger partial charge in [-0.05, 0) is 74.2 Å². The van der Waals surface area contributed by atoms with Crippen LogP contribution in [0.4, 0.5) is 17.1 Å². The molecule has 2 aromatic carbocycles. The maximum atomic E-state index is 6.21. The molecule has 0 atom stereocenters. The highest BCUT2D eigenvalue weighted by Gasteiger charge is 2.11. The van der Waals surface area contributed by atoms with Crippen LogP contribution in [-0.2, 0) is 6.42 Å². The van der Waals surface area contributed by atoms with Crippen molar-refractivity contribution in [3.63, 3.8) is 0 Å². The molecule has 1 aromatic heterocycles. The van der Waals surface area contributed by atoms with E-state index >= 15 is 0 Å². The highest BCUT2D eigenvalue weighted by Crippen LogP contribution is 2.30. The molecule has 2 heterocycles. The number of aromatic nitrogens is 1. The van der Waals surface area contributed by atoms with Crippen LogP contribution in [0, 0.1) is 0 Å². The molecule has 4 heteroatoms. The van der Waals surface area contributed by atoms with Gasteiger partial charge in [0, 0.05) is 46.3 Å². The Hall–Kier alpha value is -2.26. The predicted molar refractivity (Wildman–Crippen MR) is 112 cm³/mol. The molecule has 0 aliphatic carbocycles. The van der Waals surface area contributed by atoms with Gasteiger partial charge >= 0.3 is 0 Å². The third-order valence-electron chi connectivity index (χ3n) is 5.05. The highest BCUT2D eigenvalue weighted by molar-refractivity contribution is 6.31. The zero-order chi connectivity index (χ0) is 17.9. The van der Waals surface area contributed by atoms with E-state index in [1.165, 1.54) is 38.0 Å². The minimum absolute atomic E-state index is 0.729. The number of aryl methyl sites for hydroxylation is 1. The molecule has 0 amide bonds. The molecule has 4 rings (SSSR count). The first-order valence-corrected chi connectivity index (χ1v) is 9.82. The Balaban J connectivity index is 1.63. The number of hydrogen-bond donors (Lipinski definition) is 1. The molecule has 0 bridgehead atoms. The Morgan fingerprint density at radius 3 is 2.50 bits per heavy atom. The van der Waals surface area contributed by atoms with Crippen LogP contribution in [-0.4, -0.2) is 18.1 Å². The summed E-state index contributed by atoms with van der Waals surface area (Å²) in [5.74, 6) is 0. The fraction of sp³-hybridized carbons (Fsp3) is 0.318. The molecule has 1 aliphatic heterocycles. The number of fused-ring (bicyclic) bond motifs is 1. The zero-order valence-corrected chi connectivity index (χ0v) is 15.9. The van der Waals surface area contributed by atoms with Gasteiger partial charge in [0.05, 0.1) is 5.52 Å². The van der Waals surface area contributed by atoms with E-state index in [9.17, 15) is 0 Å². The maximum absolute atomic E-state index is 6.21. The molecule has 3 nitrogen and oxygen atoms in total. The lowest BCUT2D eigenvalue weighted by Gasteiger charge is -2.28. The quantitative estimate of drug-likeness (QED) is 0.597. The third kappa shape index (κ3) is 3.63. The standard InChI is InChI=1S/C22H24ClN3/c1-2-17-15-22(20-14-16(23)6-11-21(20)24-17)25-18-7-9-19(10-8-18)26-12-4-3-5-13-26/h6-11,14-15H,2-5,12-13H2,1H3,(H,24,25). The normalized spacial score (nSPS) is 14.6. The average Bonchev–Trinajstić information content (AvgIpc) is 2.69. The molecule has 1 saturated heterocycles. The molecule has 0 radical (unpaired) electrons. The fourth-order valence-electron chi connectivity index (χ4n) is 3.60. The largest absolute Gasteiger partial charge is 0.372 e. The third-order valence-corrected chi connectivity index (χ3v) is 5.29. The molecule has 0 spiro atoms. The second-order valence-electron chi connectivity index (χ2n) is 6.90. The number of anilines is 3. The Labute approximate surface area is 160 Å². The lowest BCUT2D eigenvalue weighted by Crippen LogP contribution is -2.29. The van der Waals surface area contributed by atoms with Crippen LogP contribution in [0.2, 0.25) is 5.02 Å². The lowest BCUT2D eigenvalue weighted by atomic mass is 10.1. The van der Waals surface area contributed by atoms with Crippen molar-refractivity contribution in [2.75, 3.05) is 23.3 Å². The summed E-state index contributed by atoms with van der Waals surface area (Å²) in [5, 5.41) is 5.34. The summed E-state index contributed by atoms with van der Waals surface area (Å²) in [5.41, 5.74) is 5.50. The van der Waals surface area contributed by atoms with Crippen molar-refractivity contribution in [1.29, 1.82) is 0 Å². The van der Waals surface area contributed by atoms with Gasteiger partial charge in [0.1, 0.15) is 0 Å². The molecular weight excluding hydrogens is 342 g/mol. The van der Waals surface area contributed by atoms with Crippen molar-refractivity contribution in [3.8, 4) is 0 Å². The first-order chi connectivity index (χ1) is 12.7. The van der Waals surface area contributed by atoms with E-state index in [1.54, 1.807) is 0 Å². The van der Waals surface area contributed by atoms with Crippen molar-refractivity contribution in [2.45, 2.75) is 32.6 Å². The van der Waals surface area contributed by atoms with Crippen LogP contribution >= 0.6 is 11.6 Å². The molecule has 1 N–H and O–H groups in total. The van der Waals surface area contributed by atoms with Crippen LogP contribution in [0.3, 0.4) is 0 Å². The first-order valence-electron chi connectivity index (χ1n) is 9.44. The van der Waals surface area contributed by atoms with Gasteiger partial charge in [-0.2, -0.15) is 0 Å². The Morgan fingerprint density at radius 2 is 1.77 bits per heavy atom. The van der Waals surface area contributed by atoms with E-state index in [0.717, 1.165) is 39.4 Å². The number of pyridine rings is 1. The van der Waals surface area contributed by atoms with Crippen molar-refractivity contribution >= 4 is 39.6 Å². The number of hydrogen-bond acceptors (Lipinski definition) is 3. The Kier molecular flexibility index (Phi) is 4.98. The second-order valence-corrected chi connectivity index (χ2v) is 7.33. The van der Waals surface area contributed by atoms with Crippen LogP contribution in [0.5, 0.6) is 0 Å². The summed E-state index contributed by atoms with van der Waals surface area (Å²) in [4.78, 5) is 7.18. The predicted octanol–water partition coefficient (Wildman–Crippen LogP) is 6.18. The van der Waals surface area contributed by atoms with Crippen molar-refractivity contribution in [2.24, 2.45) is 0 Å². The molecule has 3 aromatic rings. The monoisotopic (exact) mass is 365 g/mol. The van der Waals surface area contributed by atoms with Gasteiger partial charge in [0.25, 0.3) is 0 Å². The van der Waals surface area contributed by atoms with Gasteiger partial charge in [-0.3, -0.25) is 4.98 Å². The maximum Gasteiger partial charge on any atom is 0.0727 e. The molecule has 1 aliphatic rings. The van der Waals surface area contributed by atoms with E-state index in [4.69, 9.17) is 16.6 Å². The summed E-state index contributed by atoms with van der Waals surface area (Å²) >= 11 is 6.21. The molecule has 26 heavy (non-hydrogen) atoms. The number of piperidine rings is 1. The van der Waals surface area contributed by atoms with Gasteiger partial charge < -0.3 is 10.2 Å². The molecule has 0 saturated carbocycles. The number of nitrogens with one attached hydrogen (secondary N) is 1. The van der Waals surface area contributed by atoms with Gasteiger partial charge in [-0.25, -0.2) is 0 Å². The van der Waals surface area contributed by atoms with Gasteiger partial charge in [-0.1, -0.05) is 18.5 Å². The smallest absolute Gasteiger partial charge is 0.0727 e. The van der Waals surface area contributed by atoms with E-state index in [1.807, 2.05) is 18.2 Å². The topological polar surface area (TPSA) is 28.2 Å². The van der Waals surface area contributed by atoms with Crippen molar-refractivity contribution in [3.05, 3.63) is 59.2 Å². The van der Waals surface area contributed by atoms with E-state index in [0.29, 0.717) is 0 Å². The summed E-state index contributed by atoms with van der Waals surface area (Å²) in [6.07, 6.45) is 4.85. The molecule has 1 fully saturated rings. The van der Waals surface area contributed by atoms with E-state index in [2.05, 4.69) is 47.5 Å². The summed E-state index contributed by atoms with van der Waals surface area (Å²) in [6.45, 7) is 4.46. The number of benzene rings is 2. The van der Waals surface area contributed by atoms with Crippen LogP contribution in [0.15, 0.2) is 48.5 Å². The van der Waals surface area contributed by atoms with Crippen molar-refractivity contribution < 1.29 is 0 Å². The highest BCUT2D eigenvalue weighted by atomic mass is 35.5. The minimum Gasteiger partial charge on any atom is -0.372 e. The summed E-state index contributed by atoms with van der Waals surface area (Å²) in [6, 6.07) is 16.7. The molecule has 134 valence electrons. The number of halogens is 1. The Bertz CT molecular complexity index is 899. The number of rotatable bonds is 4. The van der Waals surface area contributed by atoms with E-state index in [-0.39, 0.29) is 0 Å². The minimum atomic E-state index is 0.729. The van der Waals surface area contributed by atoms with Gasteiger partial charge in [-0.15, -0.1) is 0 Å². The SMILES string of the molecule is CCc1cc(Nc2ccc(N3CCCCC3)cc2)c2cc(Cl)ccc2n1. The van der Waals surface area contributed by atoms with E-state index < -0.39 is 0 Å². The number of nitrogens with zero attached hydrogens (tertiary/aromatic N) is 2. The van der Waals surface area contributed by atoms with Crippen LogP contribution in [0.1, 0.15) is 31.9 Å². The van der Waals surface area contributed by atoms with Gasteiger partial charge in [0.2, 0.25) is 0 Å². The Morgan fingerprint density at radius 1 is 1.00 bits per heavy atom. The fourth-order valence-corrected chi connectivity index (χ4v) is 3.77. The average molecular weight is 366 g/mol. The van der Waals surface area contributed by atoms with Crippen LogP contribution in [0.25, 0.3) is 10.9 Å². The molecule has 0 unspecified atom stereocenters. The summed E-state index contributed by atoms with van der Waals surface area (Å²) < 4.78 is 0. The zero-order valence-electron chi connectivity index (χ0n) is 15.1. The lowest BCUT2D eigenvalue weighted by molar-refractivity contribution is 0.578. The second kappa shape index (κ2) is 7.55. The molecular formula is C22H24ClN3. The summed E-state index contributed by atoms with van der Waals surface area (Å²) in [7, 11) is 0.